The molecular formula is C22H18N4. The fourth-order valence-corrected chi connectivity index (χ4v) is 3.43. The summed E-state index contributed by atoms with van der Waals surface area (Å²) in [6.07, 6.45) is 0. The molecule has 6 N–H and O–H groups in total. The monoisotopic (exact) mass is 338 g/mol. The summed E-state index contributed by atoms with van der Waals surface area (Å²) in [7, 11) is 0. The number of benzene rings is 3. The van der Waals surface area contributed by atoms with Gasteiger partial charge in [0.15, 0.2) is 0 Å². The van der Waals surface area contributed by atoms with Crippen molar-refractivity contribution in [1.29, 1.82) is 0 Å². The first-order chi connectivity index (χ1) is 12.7. The second-order valence-electron chi connectivity index (χ2n) is 6.64. The molecule has 0 spiro atoms. The van der Waals surface area contributed by atoms with Crippen molar-refractivity contribution < 1.29 is 0 Å². The minimum Gasteiger partial charge on any atom is -0.399 e. The van der Waals surface area contributed by atoms with Crippen molar-refractivity contribution in [2.75, 3.05) is 11.5 Å². The van der Waals surface area contributed by atoms with Gasteiger partial charge in [-0.1, -0.05) is 36.4 Å². The Morgan fingerprint density at radius 3 is 1.35 bits per heavy atom. The standard InChI is InChI=1S/C22H18N4/c23-17-7-5-15-9-19(25-21(15)11-17)13-1-2-14(4-3-13)20-10-16-6-8-18(24)12-22(16)26-20/h1-12,25-26H,23-24H2. The molecule has 0 fully saturated rings. The molecule has 5 rings (SSSR count). The highest BCUT2D eigenvalue weighted by molar-refractivity contribution is 5.89. The van der Waals surface area contributed by atoms with E-state index in [9.17, 15) is 0 Å². The van der Waals surface area contributed by atoms with E-state index >= 15 is 0 Å². The van der Waals surface area contributed by atoms with Crippen LogP contribution >= 0.6 is 0 Å². The molecule has 0 amide bonds. The van der Waals surface area contributed by atoms with E-state index in [2.05, 4.69) is 46.4 Å². The van der Waals surface area contributed by atoms with Crippen molar-refractivity contribution in [2.45, 2.75) is 0 Å². The van der Waals surface area contributed by atoms with Crippen LogP contribution in [0.5, 0.6) is 0 Å². The number of nitrogen functional groups attached to an aromatic ring is 2. The first-order valence-electron chi connectivity index (χ1n) is 8.53. The maximum absolute atomic E-state index is 5.87. The van der Waals surface area contributed by atoms with Gasteiger partial charge in [-0.25, -0.2) is 0 Å². The van der Waals surface area contributed by atoms with E-state index in [0.29, 0.717) is 0 Å². The number of nitrogens with one attached hydrogen (secondary N) is 2. The third kappa shape index (κ3) is 2.40. The quantitative estimate of drug-likeness (QED) is 0.336. The zero-order valence-corrected chi connectivity index (χ0v) is 14.1. The maximum Gasteiger partial charge on any atom is 0.0479 e. The third-order valence-corrected chi connectivity index (χ3v) is 4.80. The predicted octanol–water partition coefficient (Wildman–Crippen LogP) is 5.15. The van der Waals surface area contributed by atoms with Crippen LogP contribution in [0.15, 0.2) is 72.8 Å². The number of anilines is 2. The lowest BCUT2D eigenvalue weighted by Gasteiger charge is -2.01. The lowest BCUT2D eigenvalue weighted by molar-refractivity contribution is 1.43. The van der Waals surface area contributed by atoms with Gasteiger partial charge in [0.1, 0.15) is 0 Å². The van der Waals surface area contributed by atoms with Crippen molar-refractivity contribution in [3.05, 3.63) is 72.8 Å². The van der Waals surface area contributed by atoms with E-state index in [1.165, 1.54) is 0 Å². The lowest BCUT2D eigenvalue weighted by atomic mass is 10.1. The zero-order chi connectivity index (χ0) is 17.7. The number of H-pyrrole nitrogens is 2. The number of aromatic nitrogens is 2. The van der Waals surface area contributed by atoms with Gasteiger partial charge in [0, 0.05) is 44.6 Å². The summed E-state index contributed by atoms with van der Waals surface area (Å²) in [5.41, 5.74) is 19.8. The van der Waals surface area contributed by atoms with Gasteiger partial charge in [-0.2, -0.15) is 0 Å². The number of fused-ring (bicyclic) bond motifs is 2. The van der Waals surface area contributed by atoms with E-state index in [0.717, 1.165) is 55.7 Å². The number of nitrogens with two attached hydrogens (primary N) is 2. The van der Waals surface area contributed by atoms with Gasteiger partial charge in [-0.3, -0.25) is 0 Å². The average Bonchev–Trinajstić information content (AvgIpc) is 3.25. The summed E-state index contributed by atoms with van der Waals surface area (Å²) >= 11 is 0. The summed E-state index contributed by atoms with van der Waals surface area (Å²) in [6, 6.07) is 24.7. The van der Waals surface area contributed by atoms with Crippen LogP contribution in [-0.2, 0) is 0 Å². The maximum atomic E-state index is 5.87. The molecule has 2 heterocycles. The Morgan fingerprint density at radius 1 is 0.500 bits per heavy atom. The Hall–Kier alpha value is -3.66. The number of hydrogen-bond donors (Lipinski definition) is 4. The van der Waals surface area contributed by atoms with Gasteiger partial charge in [-0.05, 0) is 47.5 Å². The Kier molecular flexibility index (Phi) is 3.06. The molecule has 5 aromatic rings. The van der Waals surface area contributed by atoms with Gasteiger partial charge in [0.25, 0.3) is 0 Å². The highest BCUT2D eigenvalue weighted by atomic mass is 14.7. The van der Waals surface area contributed by atoms with Crippen LogP contribution in [-0.4, -0.2) is 9.97 Å². The largest absolute Gasteiger partial charge is 0.399 e. The number of aromatic amines is 2. The molecule has 26 heavy (non-hydrogen) atoms. The van der Waals surface area contributed by atoms with E-state index in [-0.39, 0.29) is 0 Å². The minimum absolute atomic E-state index is 0.765. The van der Waals surface area contributed by atoms with Crippen LogP contribution < -0.4 is 11.5 Å². The molecule has 4 nitrogen and oxygen atoms in total. The molecule has 0 unspecified atom stereocenters. The smallest absolute Gasteiger partial charge is 0.0479 e. The van der Waals surface area contributed by atoms with E-state index in [1.807, 2.05) is 36.4 Å². The Labute approximate surface area is 150 Å². The number of rotatable bonds is 2. The molecule has 0 bridgehead atoms. The molecule has 3 aromatic carbocycles. The van der Waals surface area contributed by atoms with E-state index < -0.39 is 0 Å². The second kappa shape index (κ2) is 5.43. The third-order valence-electron chi connectivity index (χ3n) is 4.80. The average molecular weight is 338 g/mol. The van der Waals surface area contributed by atoms with Gasteiger partial charge >= 0.3 is 0 Å². The van der Waals surface area contributed by atoms with Gasteiger partial charge in [0.2, 0.25) is 0 Å². The van der Waals surface area contributed by atoms with Gasteiger partial charge in [0.05, 0.1) is 0 Å². The van der Waals surface area contributed by atoms with Crippen LogP contribution in [0.2, 0.25) is 0 Å². The molecule has 0 aliphatic carbocycles. The second-order valence-corrected chi connectivity index (χ2v) is 6.64. The van der Waals surface area contributed by atoms with E-state index in [4.69, 9.17) is 11.5 Å². The summed E-state index contributed by atoms with van der Waals surface area (Å²) in [5.74, 6) is 0. The Balaban J connectivity index is 1.52. The van der Waals surface area contributed by atoms with Crippen molar-refractivity contribution in [1.82, 2.24) is 9.97 Å². The fourth-order valence-electron chi connectivity index (χ4n) is 3.43. The molecule has 126 valence electrons. The van der Waals surface area contributed by atoms with Crippen LogP contribution in [0.25, 0.3) is 44.3 Å². The normalized spacial score (nSPS) is 11.4. The minimum atomic E-state index is 0.765. The molecule has 0 atom stereocenters. The molecule has 4 heteroatoms. The first kappa shape index (κ1) is 14.7. The van der Waals surface area contributed by atoms with Gasteiger partial charge < -0.3 is 21.4 Å². The van der Waals surface area contributed by atoms with Crippen LogP contribution in [0.4, 0.5) is 11.4 Å². The Bertz CT molecular complexity index is 1140. The Morgan fingerprint density at radius 2 is 0.923 bits per heavy atom. The first-order valence-corrected chi connectivity index (χ1v) is 8.53. The number of hydrogen-bond acceptors (Lipinski definition) is 2. The van der Waals surface area contributed by atoms with Crippen molar-refractivity contribution >= 4 is 33.2 Å². The summed E-state index contributed by atoms with van der Waals surface area (Å²) in [5, 5.41) is 2.32. The highest BCUT2D eigenvalue weighted by Crippen LogP contribution is 2.29. The van der Waals surface area contributed by atoms with Gasteiger partial charge in [-0.15, -0.1) is 0 Å². The molecule has 0 aliphatic rings. The molecule has 2 aromatic heterocycles. The topological polar surface area (TPSA) is 83.6 Å². The van der Waals surface area contributed by atoms with Crippen molar-refractivity contribution in [2.24, 2.45) is 0 Å². The van der Waals surface area contributed by atoms with Crippen LogP contribution in [0, 0.1) is 0 Å². The van der Waals surface area contributed by atoms with E-state index in [1.54, 1.807) is 0 Å². The molecule has 0 radical (unpaired) electrons. The summed E-state index contributed by atoms with van der Waals surface area (Å²) < 4.78 is 0. The predicted molar refractivity (Wildman–Crippen MR) is 110 cm³/mol. The van der Waals surface area contributed by atoms with Crippen molar-refractivity contribution in [3.63, 3.8) is 0 Å². The SMILES string of the molecule is Nc1ccc2cc(-c3ccc(-c4cc5ccc(N)cc5[nH]4)cc3)[nH]c2c1. The molecule has 0 aliphatic heterocycles. The zero-order valence-electron chi connectivity index (χ0n) is 14.1. The lowest BCUT2D eigenvalue weighted by Crippen LogP contribution is -1.83. The van der Waals surface area contributed by atoms with Crippen molar-refractivity contribution in [3.8, 4) is 22.5 Å². The molecule has 0 saturated carbocycles. The molecule has 0 saturated heterocycles. The van der Waals surface area contributed by atoms with Crippen LogP contribution in [0.3, 0.4) is 0 Å². The highest BCUT2D eigenvalue weighted by Gasteiger charge is 2.07. The van der Waals surface area contributed by atoms with Crippen LogP contribution in [0.1, 0.15) is 0 Å². The molecular weight excluding hydrogens is 320 g/mol. The summed E-state index contributed by atoms with van der Waals surface area (Å²) in [6.45, 7) is 0. The fraction of sp³-hybridized carbons (Fsp3) is 0. The summed E-state index contributed by atoms with van der Waals surface area (Å²) in [4.78, 5) is 6.88.